The van der Waals surface area contributed by atoms with E-state index in [9.17, 15) is 9.59 Å². The van der Waals surface area contributed by atoms with Crippen LogP contribution < -0.4 is 5.32 Å². The zero-order valence-corrected chi connectivity index (χ0v) is 17.9. The second kappa shape index (κ2) is 9.30. The van der Waals surface area contributed by atoms with Gasteiger partial charge in [-0.1, -0.05) is 54.6 Å². The number of carbonyl (C=O) groups excluding carboxylic acids is 2. The summed E-state index contributed by atoms with van der Waals surface area (Å²) in [4.78, 5) is 26.8. The van der Waals surface area contributed by atoms with Crippen molar-refractivity contribution in [1.82, 2.24) is 30.2 Å². The Hall–Kier alpha value is -4.20. The van der Waals surface area contributed by atoms with Crippen molar-refractivity contribution in [2.75, 3.05) is 7.05 Å². The Morgan fingerprint density at radius 3 is 2.47 bits per heavy atom. The molecule has 2 aromatic carbocycles. The van der Waals surface area contributed by atoms with Gasteiger partial charge >= 0.3 is 0 Å². The number of amides is 2. The Labute approximate surface area is 185 Å². The molecule has 8 nitrogen and oxygen atoms in total. The van der Waals surface area contributed by atoms with E-state index >= 15 is 0 Å². The molecule has 2 N–H and O–H groups in total. The van der Waals surface area contributed by atoms with Crippen LogP contribution in [0.25, 0.3) is 11.3 Å². The van der Waals surface area contributed by atoms with Crippen LogP contribution in [0.5, 0.6) is 0 Å². The Kier molecular flexibility index (Phi) is 6.12. The van der Waals surface area contributed by atoms with Gasteiger partial charge in [-0.3, -0.25) is 19.4 Å². The maximum atomic E-state index is 13.0. The average molecular weight is 428 g/mol. The van der Waals surface area contributed by atoms with Gasteiger partial charge < -0.3 is 10.2 Å². The first-order valence-corrected chi connectivity index (χ1v) is 10.2. The fourth-order valence-electron chi connectivity index (χ4n) is 3.40. The fraction of sp³-hybridized carbons (Fsp3) is 0.167. The third-order valence-corrected chi connectivity index (χ3v) is 5.12. The number of benzene rings is 2. The van der Waals surface area contributed by atoms with Gasteiger partial charge in [0.15, 0.2) is 0 Å². The number of rotatable bonds is 7. The summed E-state index contributed by atoms with van der Waals surface area (Å²) >= 11 is 0. The van der Waals surface area contributed by atoms with Gasteiger partial charge in [0.25, 0.3) is 11.8 Å². The molecule has 0 bridgehead atoms. The topological polar surface area (TPSA) is 95.9 Å². The minimum Gasteiger partial charge on any atom is -0.347 e. The van der Waals surface area contributed by atoms with Crippen molar-refractivity contribution in [1.29, 1.82) is 0 Å². The maximum Gasteiger partial charge on any atom is 0.272 e. The van der Waals surface area contributed by atoms with Gasteiger partial charge in [0.1, 0.15) is 5.69 Å². The largest absolute Gasteiger partial charge is 0.347 e. The van der Waals surface area contributed by atoms with Crippen molar-refractivity contribution in [3.63, 3.8) is 0 Å². The lowest BCUT2D eigenvalue weighted by molar-refractivity contribution is 0.0785. The summed E-state index contributed by atoms with van der Waals surface area (Å²) in [6.45, 7) is 0.892. The summed E-state index contributed by atoms with van der Waals surface area (Å²) in [7, 11) is 3.54. The number of nitrogens with zero attached hydrogens (tertiary/aromatic N) is 4. The standard InChI is InChI=1S/C24H24N6O2/c1-29(16-18-6-4-3-5-7-18)24(32)20-15-26-27-22(20)19-10-8-17(9-11-19)14-25-23(31)21-12-13-30(2)28-21/h3-13,15H,14,16H2,1-2H3,(H,25,31)(H,26,27). The molecule has 0 saturated heterocycles. The number of aromatic nitrogens is 4. The maximum absolute atomic E-state index is 13.0. The summed E-state index contributed by atoms with van der Waals surface area (Å²) in [6, 6.07) is 19.2. The summed E-state index contributed by atoms with van der Waals surface area (Å²) < 4.78 is 1.59. The molecule has 0 spiro atoms. The lowest BCUT2D eigenvalue weighted by Gasteiger charge is -2.17. The molecule has 0 aliphatic carbocycles. The van der Waals surface area contributed by atoms with Gasteiger partial charge in [0.05, 0.1) is 17.5 Å². The van der Waals surface area contributed by atoms with Crippen LogP contribution in [-0.2, 0) is 20.1 Å². The quantitative estimate of drug-likeness (QED) is 0.473. The van der Waals surface area contributed by atoms with E-state index in [0.29, 0.717) is 30.0 Å². The van der Waals surface area contributed by atoms with Crippen molar-refractivity contribution in [2.24, 2.45) is 7.05 Å². The van der Waals surface area contributed by atoms with E-state index in [1.54, 1.807) is 42.1 Å². The number of H-pyrrole nitrogens is 1. The van der Waals surface area contributed by atoms with Gasteiger partial charge in [-0.05, 0) is 17.2 Å². The van der Waals surface area contributed by atoms with Crippen molar-refractivity contribution in [3.8, 4) is 11.3 Å². The normalized spacial score (nSPS) is 10.7. The molecular formula is C24H24N6O2. The number of nitrogens with one attached hydrogen (secondary N) is 2. The molecule has 4 aromatic rings. The second-order valence-corrected chi connectivity index (χ2v) is 7.56. The van der Waals surface area contributed by atoms with E-state index in [-0.39, 0.29) is 11.8 Å². The zero-order valence-electron chi connectivity index (χ0n) is 17.9. The van der Waals surface area contributed by atoms with Gasteiger partial charge in [-0.15, -0.1) is 0 Å². The molecule has 0 atom stereocenters. The Morgan fingerprint density at radius 1 is 1.03 bits per heavy atom. The molecule has 2 amide bonds. The molecule has 8 heteroatoms. The Balaban J connectivity index is 1.42. The lowest BCUT2D eigenvalue weighted by Crippen LogP contribution is -2.26. The Morgan fingerprint density at radius 2 is 1.78 bits per heavy atom. The second-order valence-electron chi connectivity index (χ2n) is 7.56. The predicted molar refractivity (Wildman–Crippen MR) is 121 cm³/mol. The zero-order chi connectivity index (χ0) is 22.5. The van der Waals surface area contributed by atoms with E-state index in [1.807, 2.05) is 54.6 Å². The van der Waals surface area contributed by atoms with Crippen LogP contribution in [0.1, 0.15) is 32.0 Å². The van der Waals surface area contributed by atoms with Crippen LogP contribution in [0, 0.1) is 0 Å². The first-order chi connectivity index (χ1) is 15.5. The molecule has 0 radical (unpaired) electrons. The van der Waals surface area contributed by atoms with E-state index < -0.39 is 0 Å². The highest BCUT2D eigenvalue weighted by Gasteiger charge is 2.19. The molecule has 2 heterocycles. The minimum absolute atomic E-state index is 0.107. The number of carbonyl (C=O) groups is 2. The third-order valence-electron chi connectivity index (χ3n) is 5.12. The fourth-order valence-corrected chi connectivity index (χ4v) is 3.40. The van der Waals surface area contributed by atoms with Crippen LogP contribution in [0.15, 0.2) is 73.1 Å². The number of aryl methyl sites for hydroxylation is 1. The van der Waals surface area contributed by atoms with Crippen LogP contribution in [0.4, 0.5) is 0 Å². The van der Waals surface area contributed by atoms with Gasteiger partial charge in [-0.25, -0.2) is 0 Å². The van der Waals surface area contributed by atoms with Crippen molar-refractivity contribution < 1.29 is 9.59 Å². The lowest BCUT2D eigenvalue weighted by atomic mass is 10.0. The van der Waals surface area contributed by atoms with Crippen molar-refractivity contribution in [2.45, 2.75) is 13.1 Å². The predicted octanol–water partition coefficient (Wildman–Crippen LogP) is 3.01. The summed E-state index contributed by atoms with van der Waals surface area (Å²) in [5.74, 6) is -0.332. The van der Waals surface area contributed by atoms with Gasteiger partial charge in [-0.2, -0.15) is 10.2 Å². The van der Waals surface area contributed by atoms with Crippen LogP contribution in [0.3, 0.4) is 0 Å². The van der Waals surface area contributed by atoms with Crippen LogP contribution in [-0.4, -0.2) is 43.7 Å². The molecular weight excluding hydrogens is 404 g/mol. The first-order valence-electron chi connectivity index (χ1n) is 10.2. The molecule has 0 saturated carbocycles. The van der Waals surface area contributed by atoms with E-state index in [1.165, 1.54) is 0 Å². The van der Waals surface area contributed by atoms with E-state index in [2.05, 4.69) is 20.6 Å². The number of aromatic amines is 1. The monoisotopic (exact) mass is 428 g/mol. The highest BCUT2D eigenvalue weighted by molar-refractivity contribution is 5.99. The molecule has 0 aliphatic heterocycles. The number of hydrogen-bond acceptors (Lipinski definition) is 4. The molecule has 4 rings (SSSR count). The molecule has 2 aromatic heterocycles. The summed E-state index contributed by atoms with van der Waals surface area (Å²) in [5.41, 5.74) is 4.40. The molecule has 162 valence electrons. The smallest absolute Gasteiger partial charge is 0.272 e. The van der Waals surface area contributed by atoms with Crippen molar-refractivity contribution >= 4 is 11.8 Å². The minimum atomic E-state index is -0.224. The van der Waals surface area contributed by atoms with Crippen LogP contribution in [0.2, 0.25) is 0 Å². The summed E-state index contributed by atoms with van der Waals surface area (Å²) in [6.07, 6.45) is 3.28. The van der Waals surface area contributed by atoms with Crippen molar-refractivity contribution in [3.05, 3.63) is 95.4 Å². The SMILES string of the molecule is CN(Cc1ccccc1)C(=O)c1cn[nH]c1-c1ccc(CNC(=O)c2ccn(C)n2)cc1. The Bertz CT molecular complexity index is 1210. The van der Waals surface area contributed by atoms with Crippen LogP contribution >= 0.6 is 0 Å². The highest BCUT2D eigenvalue weighted by atomic mass is 16.2. The molecule has 0 unspecified atom stereocenters. The molecule has 0 fully saturated rings. The highest BCUT2D eigenvalue weighted by Crippen LogP contribution is 2.23. The van der Waals surface area contributed by atoms with Gasteiger partial charge in [0, 0.05) is 38.9 Å². The average Bonchev–Trinajstić information content (AvgIpc) is 3.47. The molecule has 32 heavy (non-hydrogen) atoms. The van der Waals surface area contributed by atoms with E-state index in [0.717, 1.165) is 16.7 Å². The third kappa shape index (κ3) is 4.75. The number of hydrogen-bond donors (Lipinski definition) is 2. The summed E-state index contributed by atoms with van der Waals surface area (Å²) in [5, 5.41) is 14.0. The van der Waals surface area contributed by atoms with E-state index in [4.69, 9.17) is 0 Å². The first kappa shape index (κ1) is 21.0. The van der Waals surface area contributed by atoms with Gasteiger partial charge in [0.2, 0.25) is 0 Å². The molecule has 0 aliphatic rings.